The third kappa shape index (κ3) is 6.08. The summed E-state index contributed by atoms with van der Waals surface area (Å²) in [4.78, 5) is 14.1. The zero-order chi connectivity index (χ0) is 20.9. The minimum Gasteiger partial charge on any atom is -0.468 e. The summed E-state index contributed by atoms with van der Waals surface area (Å²) in [6, 6.07) is 15.1. The van der Waals surface area contributed by atoms with E-state index in [-0.39, 0.29) is 12.8 Å². The zero-order valence-electron chi connectivity index (χ0n) is 17.9. The summed E-state index contributed by atoms with van der Waals surface area (Å²) in [6.45, 7) is 9.79. The molecule has 0 atom stereocenters. The van der Waals surface area contributed by atoms with Crippen LogP contribution in [0.3, 0.4) is 0 Å². The van der Waals surface area contributed by atoms with E-state index in [1.807, 2.05) is 30.3 Å². The van der Waals surface area contributed by atoms with Crippen LogP contribution in [0.5, 0.6) is 5.75 Å². The number of fused-ring (bicyclic) bond motifs is 1. The van der Waals surface area contributed by atoms with Gasteiger partial charge in [0, 0.05) is 33.5 Å². The smallest absolute Gasteiger partial charge is 0.337 e. The number of ether oxygens (including phenoxy) is 3. The van der Waals surface area contributed by atoms with Crippen molar-refractivity contribution in [2.75, 3.05) is 32.0 Å². The number of carbonyl (C=O) groups is 1. The van der Waals surface area contributed by atoms with Crippen molar-refractivity contribution < 1.29 is 19.0 Å². The van der Waals surface area contributed by atoms with E-state index in [2.05, 4.69) is 36.7 Å². The van der Waals surface area contributed by atoms with Crippen LogP contribution >= 0.6 is 0 Å². The van der Waals surface area contributed by atoms with Crippen LogP contribution in [0, 0.1) is 0 Å². The monoisotopic (exact) mass is 413 g/mol. The second-order valence-electron chi connectivity index (χ2n) is 8.62. The van der Waals surface area contributed by atoms with Gasteiger partial charge in [0.2, 0.25) is 0 Å². The number of hydrogen-bond acceptors (Lipinski definition) is 5. The third-order valence-corrected chi connectivity index (χ3v) is 6.85. The summed E-state index contributed by atoms with van der Waals surface area (Å²) in [5.41, 5.74) is 4.22. The summed E-state index contributed by atoms with van der Waals surface area (Å²) in [6.07, 6.45) is 0.958. The van der Waals surface area contributed by atoms with Gasteiger partial charge >= 0.3 is 5.97 Å². The molecule has 0 radical (unpaired) electrons. The van der Waals surface area contributed by atoms with Crippen molar-refractivity contribution in [2.24, 2.45) is 0 Å². The first-order valence-corrected chi connectivity index (χ1v) is 13.8. The molecule has 156 valence electrons. The SMILES string of the molecule is COC(=O)c1ccc2c(c1)CN(c1ccc(OCOCC[Si](C)(C)C)cc1)CC2. The maximum atomic E-state index is 11.8. The number of carbonyl (C=O) groups excluding carboxylic acids is 1. The van der Waals surface area contributed by atoms with E-state index < -0.39 is 8.07 Å². The molecule has 0 aromatic heterocycles. The highest BCUT2D eigenvalue weighted by atomic mass is 28.3. The van der Waals surface area contributed by atoms with E-state index in [1.165, 1.54) is 18.2 Å². The van der Waals surface area contributed by atoms with Crippen molar-refractivity contribution in [3.63, 3.8) is 0 Å². The molecule has 0 amide bonds. The van der Waals surface area contributed by atoms with Crippen molar-refractivity contribution in [3.05, 3.63) is 59.2 Å². The molecule has 1 aliphatic heterocycles. The third-order valence-electron chi connectivity index (χ3n) is 5.15. The fourth-order valence-electron chi connectivity index (χ4n) is 3.32. The van der Waals surface area contributed by atoms with Crippen molar-refractivity contribution in [3.8, 4) is 5.75 Å². The second kappa shape index (κ2) is 9.46. The molecule has 0 unspecified atom stereocenters. The van der Waals surface area contributed by atoms with Gasteiger partial charge in [-0.05, 0) is 60.0 Å². The van der Waals surface area contributed by atoms with Gasteiger partial charge in [-0.15, -0.1) is 0 Å². The fourth-order valence-corrected chi connectivity index (χ4v) is 4.08. The molecule has 0 spiro atoms. The first-order valence-electron chi connectivity index (χ1n) is 10.1. The normalized spacial score (nSPS) is 13.7. The van der Waals surface area contributed by atoms with Crippen LogP contribution in [-0.4, -0.2) is 41.1 Å². The molecule has 1 heterocycles. The lowest BCUT2D eigenvalue weighted by Crippen LogP contribution is -2.30. The van der Waals surface area contributed by atoms with Gasteiger partial charge < -0.3 is 19.1 Å². The van der Waals surface area contributed by atoms with Crippen LogP contribution in [0.4, 0.5) is 5.69 Å². The Morgan fingerprint density at radius 1 is 1.07 bits per heavy atom. The lowest BCUT2D eigenvalue weighted by Gasteiger charge is -2.31. The van der Waals surface area contributed by atoms with E-state index in [9.17, 15) is 4.79 Å². The van der Waals surface area contributed by atoms with E-state index in [4.69, 9.17) is 14.2 Å². The molecule has 2 aromatic rings. The molecule has 0 bridgehead atoms. The van der Waals surface area contributed by atoms with Crippen molar-refractivity contribution in [2.45, 2.75) is 38.7 Å². The van der Waals surface area contributed by atoms with Gasteiger partial charge in [0.15, 0.2) is 6.79 Å². The first-order chi connectivity index (χ1) is 13.9. The van der Waals surface area contributed by atoms with Gasteiger partial charge in [0.1, 0.15) is 5.75 Å². The predicted octanol–water partition coefficient (Wildman–Crippen LogP) is 4.73. The molecule has 0 saturated heterocycles. The van der Waals surface area contributed by atoms with E-state index in [0.29, 0.717) is 5.56 Å². The Morgan fingerprint density at radius 2 is 1.83 bits per heavy atom. The van der Waals surface area contributed by atoms with Gasteiger partial charge in [-0.2, -0.15) is 0 Å². The molecule has 1 aliphatic rings. The Hall–Kier alpha value is -2.31. The Morgan fingerprint density at radius 3 is 2.52 bits per heavy atom. The van der Waals surface area contributed by atoms with Crippen molar-refractivity contribution in [1.82, 2.24) is 0 Å². The average Bonchev–Trinajstić information content (AvgIpc) is 2.71. The Kier molecular flexibility index (Phi) is 6.98. The van der Waals surface area contributed by atoms with E-state index in [1.54, 1.807) is 0 Å². The molecule has 2 aromatic carbocycles. The van der Waals surface area contributed by atoms with Gasteiger partial charge in [-0.1, -0.05) is 25.7 Å². The minimum atomic E-state index is -1.06. The number of methoxy groups -OCH3 is 1. The Labute approximate surface area is 174 Å². The molecule has 0 fully saturated rings. The molecule has 0 aliphatic carbocycles. The fraction of sp³-hybridized carbons (Fsp3) is 0.435. The maximum Gasteiger partial charge on any atom is 0.337 e. The number of hydrogen-bond donors (Lipinski definition) is 0. The lowest BCUT2D eigenvalue weighted by atomic mass is 9.97. The summed E-state index contributed by atoms with van der Waals surface area (Å²) in [5.74, 6) is 0.519. The highest BCUT2D eigenvalue weighted by molar-refractivity contribution is 6.76. The van der Waals surface area contributed by atoms with Gasteiger partial charge in [0.05, 0.1) is 12.7 Å². The van der Waals surface area contributed by atoms with Crippen LogP contribution in [0.1, 0.15) is 21.5 Å². The molecular weight excluding hydrogens is 382 g/mol. The average molecular weight is 414 g/mol. The summed E-state index contributed by atoms with van der Waals surface area (Å²) >= 11 is 0. The Bertz CT molecular complexity index is 830. The van der Waals surface area contributed by atoms with Crippen LogP contribution in [0.15, 0.2) is 42.5 Å². The molecular formula is C23H31NO4Si. The minimum absolute atomic E-state index is 0.289. The molecule has 0 saturated carbocycles. The molecule has 3 rings (SSSR count). The number of anilines is 1. The molecule has 5 nitrogen and oxygen atoms in total. The van der Waals surface area contributed by atoms with Gasteiger partial charge in [0.25, 0.3) is 0 Å². The van der Waals surface area contributed by atoms with Crippen molar-refractivity contribution in [1.29, 1.82) is 0 Å². The quantitative estimate of drug-likeness (QED) is 0.271. The van der Waals surface area contributed by atoms with Crippen LogP contribution in [0.25, 0.3) is 0 Å². The number of esters is 1. The number of rotatable bonds is 8. The standard InChI is InChI=1S/C23H31NO4Si/c1-26-23(25)19-6-5-18-11-12-24(16-20(18)15-19)21-7-9-22(10-8-21)28-17-27-13-14-29(2,3)4/h5-10,15H,11-14,16-17H2,1-4H3. The highest BCUT2D eigenvalue weighted by Crippen LogP contribution is 2.27. The van der Waals surface area contributed by atoms with Crippen LogP contribution in [0.2, 0.25) is 25.7 Å². The summed E-state index contributed by atoms with van der Waals surface area (Å²) in [7, 11) is 0.349. The lowest BCUT2D eigenvalue weighted by molar-refractivity contribution is 0.0220. The van der Waals surface area contributed by atoms with Gasteiger partial charge in [-0.3, -0.25) is 0 Å². The van der Waals surface area contributed by atoms with E-state index >= 15 is 0 Å². The summed E-state index contributed by atoms with van der Waals surface area (Å²) < 4.78 is 16.1. The largest absolute Gasteiger partial charge is 0.468 e. The van der Waals surface area contributed by atoms with Crippen LogP contribution in [-0.2, 0) is 22.4 Å². The topological polar surface area (TPSA) is 48.0 Å². The van der Waals surface area contributed by atoms with E-state index in [0.717, 1.165) is 43.6 Å². The van der Waals surface area contributed by atoms with Crippen LogP contribution < -0.4 is 9.64 Å². The first kappa shape index (κ1) is 21.4. The Balaban J connectivity index is 1.55. The number of benzene rings is 2. The van der Waals surface area contributed by atoms with Crippen molar-refractivity contribution >= 4 is 19.7 Å². The van der Waals surface area contributed by atoms with Gasteiger partial charge in [-0.25, -0.2) is 4.79 Å². The second-order valence-corrected chi connectivity index (χ2v) is 14.2. The number of nitrogens with zero attached hydrogens (tertiary/aromatic N) is 1. The highest BCUT2D eigenvalue weighted by Gasteiger charge is 2.18. The molecule has 6 heteroatoms. The summed E-state index contributed by atoms with van der Waals surface area (Å²) in [5, 5.41) is 0. The zero-order valence-corrected chi connectivity index (χ0v) is 18.9. The molecule has 0 N–H and O–H groups in total. The molecule has 29 heavy (non-hydrogen) atoms. The predicted molar refractivity (Wildman–Crippen MR) is 119 cm³/mol. The maximum absolute atomic E-state index is 11.8.